The third-order valence-electron chi connectivity index (χ3n) is 11.8. The van der Waals surface area contributed by atoms with Crippen LogP contribution in [0.15, 0.2) is 36.5 Å². The Kier molecular flexibility index (Phi) is 45.6. The molecule has 6 nitrogen and oxygen atoms in total. The van der Waals surface area contributed by atoms with Gasteiger partial charge in [0.25, 0.3) is 0 Å². The minimum atomic E-state index is -0.787. The fraction of sp³-hybridized carbons (Fsp3) is 0.849. The first-order chi connectivity index (χ1) is 29.0. The lowest BCUT2D eigenvalue weighted by atomic mass is 10.0. The van der Waals surface area contributed by atoms with Crippen LogP contribution in [-0.4, -0.2) is 46.9 Å². The Morgan fingerprint density at radius 3 is 1.29 bits per heavy atom. The van der Waals surface area contributed by atoms with E-state index in [-0.39, 0.29) is 24.9 Å². The molecular formula is C53H99NO5. The summed E-state index contributed by atoms with van der Waals surface area (Å²) in [6.45, 7) is 6.46. The van der Waals surface area contributed by atoms with Crippen molar-refractivity contribution < 1.29 is 24.5 Å². The highest BCUT2D eigenvalue weighted by Gasteiger charge is 2.24. The highest BCUT2D eigenvalue weighted by molar-refractivity contribution is 5.77. The van der Waals surface area contributed by atoms with E-state index in [1.807, 2.05) is 0 Å². The van der Waals surface area contributed by atoms with Crippen molar-refractivity contribution in [1.29, 1.82) is 0 Å². The zero-order chi connectivity index (χ0) is 43.1. The van der Waals surface area contributed by atoms with Gasteiger partial charge in [-0.05, 0) is 51.4 Å². The van der Waals surface area contributed by atoms with Gasteiger partial charge >= 0.3 is 5.97 Å². The van der Waals surface area contributed by atoms with Crippen LogP contribution in [0.3, 0.4) is 0 Å². The normalized spacial score (nSPS) is 13.5. The van der Waals surface area contributed by atoms with Crippen molar-refractivity contribution in [3.05, 3.63) is 36.5 Å². The second-order valence-corrected chi connectivity index (χ2v) is 17.6. The zero-order valence-electron chi connectivity index (χ0n) is 39.4. The average molecular weight is 830 g/mol. The topological polar surface area (TPSA) is 95.9 Å². The SMILES string of the molecule is CCCCCCC/C=C/C=C/C=C/CCCCCCCC(=O)OC(CCCCCCCCCCCCCC)CC(=O)NC(CO)C(O)CCCCCCCCCCCC. The Morgan fingerprint density at radius 1 is 0.492 bits per heavy atom. The highest BCUT2D eigenvalue weighted by atomic mass is 16.5. The van der Waals surface area contributed by atoms with Crippen molar-refractivity contribution in [1.82, 2.24) is 5.32 Å². The number of unbranched alkanes of at least 4 members (excludes halogenated alkanes) is 30. The molecule has 0 rings (SSSR count). The summed E-state index contributed by atoms with van der Waals surface area (Å²) in [6, 6.07) is -0.701. The van der Waals surface area contributed by atoms with Gasteiger partial charge in [-0.25, -0.2) is 0 Å². The number of aliphatic hydroxyl groups excluding tert-OH is 2. The van der Waals surface area contributed by atoms with Crippen molar-refractivity contribution in [3.63, 3.8) is 0 Å². The Hall–Kier alpha value is -1.92. The molecule has 0 aromatic heterocycles. The van der Waals surface area contributed by atoms with Crippen molar-refractivity contribution >= 4 is 11.9 Å². The van der Waals surface area contributed by atoms with E-state index in [4.69, 9.17) is 4.74 Å². The molecule has 0 spiro atoms. The van der Waals surface area contributed by atoms with Crippen LogP contribution in [0.4, 0.5) is 0 Å². The van der Waals surface area contributed by atoms with Gasteiger partial charge in [-0.1, -0.05) is 237 Å². The average Bonchev–Trinajstić information content (AvgIpc) is 3.23. The number of carbonyl (C=O) groups excluding carboxylic acids is 2. The summed E-state index contributed by atoms with van der Waals surface area (Å²) in [5.74, 6) is -0.487. The summed E-state index contributed by atoms with van der Waals surface area (Å²) in [7, 11) is 0. The molecule has 0 saturated heterocycles. The molecule has 346 valence electrons. The molecule has 3 N–H and O–H groups in total. The van der Waals surface area contributed by atoms with Gasteiger partial charge in [0, 0.05) is 6.42 Å². The Bertz CT molecular complexity index is 977. The van der Waals surface area contributed by atoms with Crippen LogP contribution in [0.5, 0.6) is 0 Å². The summed E-state index contributed by atoms with van der Waals surface area (Å²) in [6.07, 6.45) is 54.9. The van der Waals surface area contributed by atoms with Gasteiger partial charge in [0.1, 0.15) is 6.10 Å². The Morgan fingerprint density at radius 2 is 0.864 bits per heavy atom. The van der Waals surface area contributed by atoms with E-state index >= 15 is 0 Å². The van der Waals surface area contributed by atoms with Crippen LogP contribution >= 0.6 is 0 Å². The number of aliphatic hydroxyl groups is 2. The van der Waals surface area contributed by atoms with Gasteiger partial charge < -0.3 is 20.3 Å². The molecule has 0 radical (unpaired) electrons. The molecule has 0 aromatic rings. The van der Waals surface area contributed by atoms with Crippen molar-refractivity contribution in [2.24, 2.45) is 0 Å². The quantitative estimate of drug-likeness (QED) is 0.0323. The van der Waals surface area contributed by atoms with Gasteiger partial charge in [-0.15, -0.1) is 0 Å². The predicted molar refractivity (Wildman–Crippen MR) is 255 cm³/mol. The van der Waals surface area contributed by atoms with E-state index in [1.54, 1.807) is 0 Å². The van der Waals surface area contributed by atoms with Gasteiger partial charge in [0.2, 0.25) is 5.91 Å². The maximum atomic E-state index is 13.2. The number of hydrogen-bond acceptors (Lipinski definition) is 5. The van der Waals surface area contributed by atoms with Crippen molar-refractivity contribution in [2.75, 3.05) is 6.61 Å². The van der Waals surface area contributed by atoms with E-state index in [9.17, 15) is 19.8 Å². The maximum Gasteiger partial charge on any atom is 0.306 e. The summed E-state index contributed by atoms with van der Waals surface area (Å²) in [5, 5.41) is 23.7. The van der Waals surface area contributed by atoms with Crippen molar-refractivity contribution in [2.45, 2.75) is 283 Å². The fourth-order valence-electron chi connectivity index (χ4n) is 7.84. The second kappa shape index (κ2) is 47.1. The van der Waals surface area contributed by atoms with Gasteiger partial charge in [0.15, 0.2) is 0 Å². The number of amides is 1. The number of nitrogens with one attached hydrogen (secondary N) is 1. The van der Waals surface area contributed by atoms with E-state index in [1.165, 1.54) is 148 Å². The number of rotatable bonds is 46. The number of carbonyl (C=O) groups is 2. The number of ether oxygens (including phenoxy) is 1. The molecule has 0 fully saturated rings. The number of esters is 1. The van der Waals surface area contributed by atoms with Crippen LogP contribution in [0.1, 0.15) is 265 Å². The minimum absolute atomic E-state index is 0.0728. The van der Waals surface area contributed by atoms with Gasteiger partial charge in [-0.2, -0.15) is 0 Å². The van der Waals surface area contributed by atoms with E-state index in [0.29, 0.717) is 19.3 Å². The lowest BCUT2D eigenvalue weighted by molar-refractivity contribution is -0.151. The second-order valence-electron chi connectivity index (χ2n) is 17.6. The summed E-state index contributed by atoms with van der Waals surface area (Å²) in [4.78, 5) is 26.1. The molecule has 1 amide bonds. The molecule has 6 heteroatoms. The molecule has 0 aromatic carbocycles. The van der Waals surface area contributed by atoms with Crippen molar-refractivity contribution in [3.8, 4) is 0 Å². The van der Waals surface area contributed by atoms with E-state index < -0.39 is 18.2 Å². The first-order valence-corrected chi connectivity index (χ1v) is 25.7. The summed E-state index contributed by atoms with van der Waals surface area (Å²) in [5.41, 5.74) is 0. The van der Waals surface area contributed by atoms with Crippen LogP contribution < -0.4 is 5.32 Å². The fourth-order valence-corrected chi connectivity index (χ4v) is 7.84. The summed E-state index contributed by atoms with van der Waals surface area (Å²) >= 11 is 0. The van der Waals surface area contributed by atoms with Crippen LogP contribution in [0, 0.1) is 0 Å². The van der Waals surface area contributed by atoms with Crippen LogP contribution in [0.25, 0.3) is 0 Å². The predicted octanol–water partition coefficient (Wildman–Crippen LogP) is 15.3. The lowest BCUT2D eigenvalue weighted by Crippen LogP contribution is -2.46. The maximum absolute atomic E-state index is 13.2. The number of hydrogen-bond donors (Lipinski definition) is 3. The highest BCUT2D eigenvalue weighted by Crippen LogP contribution is 2.18. The molecule has 0 aliphatic carbocycles. The Balaban J connectivity index is 4.56. The standard InChI is InChI=1S/C53H99NO5/c1-4-7-10-13-16-19-22-24-25-26-27-28-29-31-34-37-40-43-46-53(58)59-49(44-41-38-35-32-30-23-20-17-14-11-8-5-2)47-52(57)54-50(48-55)51(56)45-42-39-36-33-21-18-15-12-9-6-3/h22,24-28,49-51,55-56H,4-21,23,29-48H2,1-3H3,(H,54,57)/b24-22+,26-25+,28-27+. The lowest BCUT2D eigenvalue weighted by Gasteiger charge is -2.24. The first-order valence-electron chi connectivity index (χ1n) is 25.7. The molecule has 0 aliphatic heterocycles. The largest absolute Gasteiger partial charge is 0.462 e. The third kappa shape index (κ3) is 42.6. The molecule has 0 saturated carbocycles. The number of allylic oxidation sites excluding steroid dienone is 6. The molecule has 59 heavy (non-hydrogen) atoms. The molecule has 3 unspecified atom stereocenters. The molecular weight excluding hydrogens is 731 g/mol. The van der Waals surface area contributed by atoms with Gasteiger partial charge in [-0.3, -0.25) is 9.59 Å². The molecule has 0 bridgehead atoms. The van der Waals surface area contributed by atoms with Crippen LogP contribution in [-0.2, 0) is 14.3 Å². The first kappa shape index (κ1) is 57.1. The monoisotopic (exact) mass is 830 g/mol. The molecule has 0 aliphatic rings. The molecule has 3 atom stereocenters. The molecule has 0 heterocycles. The third-order valence-corrected chi connectivity index (χ3v) is 11.8. The summed E-state index contributed by atoms with van der Waals surface area (Å²) < 4.78 is 5.92. The van der Waals surface area contributed by atoms with Gasteiger partial charge in [0.05, 0.1) is 25.2 Å². The zero-order valence-corrected chi connectivity index (χ0v) is 39.4. The van der Waals surface area contributed by atoms with E-state index in [0.717, 1.165) is 70.6 Å². The smallest absolute Gasteiger partial charge is 0.306 e. The van der Waals surface area contributed by atoms with E-state index in [2.05, 4.69) is 62.5 Å². The minimum Gasteiger partial charge on any atom is -0.462 e. The van der Waals surface area contributed by atoms with Crippen LogP contribution in [0.2, 0.25) is 0 Å². The Labute approximate surface area is 366 Å².